The second kappa shape index (κ2) is 7.63. The molecule has 2 aliphatic rings. The van der Waals surface area contributed by atoms with Gasteiger partial charge in [0.05, 0.1) is 17.4 Å². The number of ether oxygens (including phenoxy) is 1. The first-order chi connectivity index (χ1) is 11.6. The van der Waals surface area contributed by atoms with Gasteiger partial charge in [-0.15, -0.1) is 0 Å². The summed E-state index contributed by atoms with van der Waals surface area (Å²) in [5, 5.41) is 2.86. The number of benzene rings is 1. The molecule has 1 aromatic carbocycles. The number of hydrogen-bond acceptors (Lipinski definition) is 4. The van der Waals surface area contributed by atoms with Gasteiger partial charge in [-0.2, -0.15) is 4.31 Å². The third kappa shape index (κ3) is 4.15. The molecule has 1 unspecified atom stereocenters. The Labute approximate surface area is 143 Å². The lowest BCUT2D eigenvalue weighted by Crippen LogP contribution is -2.28. The van der Waals surface area contributed by atoms with E-state index in [2.05, 4.69) is 5.32 Å². The van der Waals surface area contributed by atoms with Crippen molar-refractivity contribution in [3.8, 4) is 0 Å². The van der Waals surface area contributed by atoms with Gasteiger partial charge < -0.3 is 10.1 Å². The molecule has 0 bridgehead atoms. The topological polar surface area (TPSA) is 75.7 Å². The Balaban J connectivity index is 1.53. The smallest absolute Gasteiger partial charge is 0.243 e. The fourth-order valence-electron chi connectivity index (χ4n) is 3.14. The third-order valence-electron chi connectivity index (χ3n) is 4.55. The zero-order valence-corrected chi connectivity index (χ0v) is 14.6. The number of sulfonamides is 1. The number of carbonyl (C=O) groups excluding carboxylic acids is 1. The van der Waals surface area contributed by atoms with Crippen LogP contribution in [0.1, 0.15) is 37.7 Å². The Bertz CT molecular complexity index is 660. The second-order valence-electron chi connectivity index (χ2n) is 6.37. The molecule has 1 atom stereocenters. The normalized spacial score (nSPS) is 21.9. The van der Waals surface area contributed by atoms with Crippen LogP contribution in [-0.4, -0.2) is 44.4 Å². The number of nitrogens with one attached hydrogen (secondary N) is 1. The Morgan fingerprint density at radius 2 is 1.88 bits per heavy atom. The second-order valence-corrected chi connectivity index (χ2v) is 8.31. The van der Waals surface area contributed by atoms with E-state index >= 15 is 0 Å². The van der Waals surface area contributed by atoms with E-state index in [1.807, 2.05) is 0 Å². The van der Waals surface area contributed by atoms with Crippen LogP contribution in [0.2, 0.25) is 0 Å². The SMILES string of the molecule is O=C(CC1CCCO1)NCc1ccc(S(=O)(=O)N2CCCC2)cc1. The van der Waals surface area contributed by atoms with Gasteiger partial charge in [0, 0.05) is 26.2 Å². The maximum absolute atomic E-state index is 12.4. The summed E-state index contributed by atoms with van der Waals surface area (Å²) in [5.74, 6) is -0.0318. The van der Waals surface area contributed by atoms with Gasteiger partial charge >= 0.3 is 0 Å². The lowest BCUT2D eigenvalue weighted by atomic mass is 10.1. The van der Waals surface area contributed by atoms with Crippen molar-refractivity contribution in [2.75, 3.05) is 19.7 Å². The Morgan fingerprint density at radius 3 is 2.50 bits per heavy atom. The number of amides is 1. The molecule has 7 heteroatoms. The molecular formula is C17H24N2O4S. The molecule has 0 aliphatic carbocycles. The highest BCUT2D eigenvalue weighted by Gasteiger charge is 2.26. The fraction of sp³-hybridized carbons (Fsp3) is 0.588. The average molecular weight is 352 g/mol. The van der Waals surface area contributed by atoms with Gasteiger partial charge in [0.1, 0.15) is 0 Å². The van der Waals surface area contributed by atoms with Gasteiger partial charge in [-0.3, -0.25) is 4.79 Å². The van der Waals surface area contributed by atoms with Gasteiger partial charge in [0.2, 0.25) is 15.9 Å². The van der Waals surface area contributed by atoms with E-state index in [0.29, 0.717) is 31.0 Å². The van der Waals surface area contributed by atoms with E-state index in [9.17, 15) is 13.2 Å². The summed E-state index contributed by atoms with van der Waals surface area (Å²) in [6.07, 6.45) is 4.24. The van der Waals surface area contributed by atoms with Crippen molar-refractivity contribution in [2.45, 2.75) is 49.6 Å². The molecule has 6 nitrogen and oxygen atoms in total. The van der Waals surface area contributed by atoms with Crippen LogP contribution < -0.4 is 5.32 Å². The molecule has 1 N–H and O–H groups in total. The molecule has 0 saturated carbocycles. The van der Waals surface area contributed by atoms with E-state index in [4.69, 9.17) is 4.74 Å². The first kappa shape index (κ1) is 17.4. The standard InChI is InChI=1S/C17H24N2O4S/c20-17(12-15-4-3-11-23-15)18-13-14-5-7-16(8-6-14)24(21,22)19-9-1-2-10-19/h5-8,15H,1-4,9-13H2,(H,18,20). The minimum absolute atomic E-state index is 0.0318. The average Bonchev–Trinajstić information content (AvgIpc) is 3.27. The van der Waals surface area contributed by atoms with Crippen LogP contribution in [0, 0.1) is 0 Å². The summed E-state index contributed by atoms with van der Waals surface area (Å²) in [5.41, 5.74) is 0.885. The maximum Gasteiger partial charge on any atom is 0.243 e. The van der Waals surface area contributed by atoms with Crippen LogP contribution in [0.25, 0.3) is 0 Å². The van der Waals surface area contributed by atoms with Crippen molar-refractivity contribution in [3.05, 3.63) is 29.8 Å². The molecular weight excluding hydrogens is 328 g/mol. The molecule has 2 fully saturated rings. The lowest BCUT2D eigenvalue weighted by Gasteiger charge is -2.15. The van der Waals surface area contributed by atoms with Crippen molar-refractivity contribution < 1.29 is 17.9 Å². The van der Waals surface area contributed by atoms with Crippen LogP contribution >= 0.6 is 0 Å². The van der Waals surface area contributed by atoms with Gasteiger partial charge in [0.15, 0.2) is 0 Å². The summed E-state index contributed by atoms with van der Waals surface area (Å²) < 4.78 is 31.9. The van der Waals surface area contributed by atoms with Crippen molar-refractivity contribution in [1.82, 2.24) is 9.62 Å². The van der Waals surface area contributed by atoms with Crippen LogP contribution in [-0.2, 0) is 26.1 Å². The van der Waals surface area contributed by atoms with Crippen LogP contribution in [0.15, 0.2) is 29.2 Å². The molecule has 2 saturated heterocycles. The van der Waals surface area contributed by atoms with Gasteiger partial charge in [-0.1, -0.05) is 12.1 Å². The van der Waals surface area contributed by atoms with Crippen molar-refractivity contribution >= 4 is 15.9 Å². The van der Waals surface area contributed by atoms with Crippen LogP contribution in [0.5, 0.6) is 0 Å². The molecule has 1 amide bonds. The van der Waals surface area contributed by atoms with Gasteiger partial charge in [0.25, 0.3) is 0 Å². The highest BCUT2D eigenvalue weighted by atomic mass is 32.2. The molecule has 1 aromatic rings. The zero-order chi connectivity index (χ0) is 17.0. The quantitative estimate of drug-likeness (QED) is 0.845. The minimum Gasteiger partial charge on any atom is -0.378 e. The molecule has 2 heterocycles. The monoisotopic (exact) mass is 352 g/mol. The number of nitrogens with zero attached hydrogens (tertiary/aromatic N) is 1. The third-order valence-corrected chi connectivity index (χ3v) is 6.47. The Hall–Kier alpha value is -1.44. The molecule has 0 radical (unpaired) electrons. The Kier molecular flexibility index (Phi) is 5.53. The number of hydrogen-bond donors (Lipinski definition) is 1. The molecule has 132 valence electrons. The summed E-state index contributed by atoms with van der Waals surface area (Å²) in [4.78, 5) is 12.2. The van der Waals surface area contributed by atoms with Crippen molar-refractivity contribution in [1.29, 1.82) is 0 Å². The fourth-order valence-corrected chi connectivity index (χ4v) is 4.66. The molecule has 2 aliphatic heterocycles. The Morgan fingerprint density at radius 1 is 1.17 bits per heavy atom. The van der Waals surface area contributed by atoms with E-state index < -0.39 is 10.0 Å². The first-order valence-electron chi connectivity index (χ1n) is 8.53. The summed E-state index contributed by atoms with van der Waals surface area (Å²) in [7, 11) is -3.37. The van der Waals surface area contributed by atoms with E-state index in [1.54, 1.807) is 24.3 Å². The zero-order valence-electron chi connectivity index (χ0n) is 13.7. The van der Waals surface area contributed by atoms with Crippen molar-refractivity contribution in [2.24, 2.45) is 0 Å². The summed E-state index contributed by atoms with van der Waals surface area (Å²) in [6.45, 7) is 2.34. The predicted octanol–water partition coefficient (Wildman–Crippen LogP) is 1.66. The number of carbonyl (C=O) groups is 1. The lowest BCUT2D eigenvalue weighted by molar-refractivity contribution is -0.123. The molecule has 0 spiro atoms. The van der Waals surface area contributed by atoms with Crippen LogP contribution in [0.4, 0.5) is 0 Å². The predicted molar refractivity (Wildman–Crippen MR) is 89.9 cm³/mol. The molecule has 3 rings (SSSR count). The van der Waals surface area contributed by atoms with E-state index in [-0.39, 0.29) is 12.0 Å². The maximum atomic E-state index is 12.4. The number of rotatable bonds is 6. The largest absolute Gasteiger partial charge is 0.378 e. The van der Waals surface area contributed by atoms with E-state index in [0.717, 1.165) is 37.9 Å². The highest BCUT2D eigenvalue weighted by molar-refractivity contribution is 7.89. The highest BCUT2D eigenvalue weighted by Crippen LogP contribution is 2.21. The molecule has 0 aromatic heterocycles. The van der Waals surface area contributed by atoms with Crippen molar-refractivity contribution in [3.63, 3.8) is 0 Å². The van der Waals surface area contributed by atoms with E-state index in [1.165, 1.54) is 4.31 Å². The first-order valence-corrected chi connectivity index (χ1v) is 9.97. The molecule has 24 heavy (non-hydrogen) atoms. The minimum atomic E-state index is -3.37. The van der Waals surface area contributed by atoms with Gasteiger partial charge in [-0.05, 0) is 43.4 Å². The van der Waals surface area contributed by atoms with Crippen LogP contribution in [0.3, 0.4) is 0 Å². The van der Waals surface area contributed by atoms with Gasteiger partial charge in [-0.25, -0.2) is 8.42 Å². The summed E-state index contributed by atoms with van der Waals surface area (Å²) >= 11 is 0. The summed E-state index contributed by atoms with van der Waals surface area (Å²) in [6, 6.07) is 6.76.